The zero-order chi connectivity index (χ0) is 17.1. The van der Waals surface area contributed by atoms with Crippen LogP contribution in [-0.4, -0.2) is 30.6 Å². The Hall–Kier alpha value is -2.82. The van der Waals surface area contributed by atoms with Crippen LogP contribution in [0.4, 0.5) is 5.69 Å². The Morgan fingerprint density at radius 1 is 1.12 bits per heavy atom. The lowest BCUT2D eigenvalue weighted by molar-refractivity contribution is -0.139. The van der Waals surface area contributed by atoms with Crippen molar-refractivity contribution < 1.29 is 19.4 Å². The summed E-state index contributed by atoms with van der Waals surface area (Å²) in [5.41, 5.74) is 3.93. The number of carbonyl (C=O) groups excluding carboxylic acids is 1. The molecule has 2 aromatic carbocycles. The minimum absolute atomic E-state index is 0.0343. The average Bonchev–Trinajstić information content (AvgIpc) is 3.08. The second-order valence-electron chi connectivity index (χ2n) is 5.84. The molecule has 5 heteroatoms. The Balaban J connectivity index is 1.76. The number of aryl methyl sites for hydroxylation is 1. The molecule has 0 atom stereocenters. The van der Waals surface area contributed by atoms with Crippen molar-refractivity contribution in [3.8, 4) is 5.75 Å². The second kappa shape index (κ2) is 6.74. The molecule has 1 aliphatic carbocycles. The van der Waals surface area contributed by atoms with Gasteiger partial charge in [0.05, 0.1) is 0 Å². The van der Waals surface area contributed by atoms with Crippen LogP contribution in [-0.2, 0) is 17.6 Å². The monoisotopic (exact) mass is 325 g/mol. The predicted molar refractivity (Wildman–Crippen MR) is 90.8 cm³/mol. The number of aliphatic carboxylic acids is 1. The minimum Gasteiger partial charge on any atom is -0.482 e. The van der Waals surface area contributed by atoms with Crippen LogP contribution in [0.5, 0.6) is 5.75 Å². The molecule has 0 bridgehead atoms. The number of nitrogens with zero attached hydrogens (tertiary/aromatic N) is 1. The molecule has 3 rings (SSSR count). The van der Waals surface area contributed by atoms with Crippen molar-refractivity contribution in [2.75, 3.05) is 18.6 Å². The van der Waals surface area contributed by atoms with Crippen molar-refractivity contribution in [1.29, 1.82) is 0 Å². The van der Waals surface area contributed by atoms with Gasteiger partial charge in [-0.2, -0.15) is 0 Å². The number of carboxylic acids is 1. The van der Waals surface area contributed by atoms with E-state index in [-0.39, 0.29) is 12.5 Å². The van der Waals surface area contributed by atoms with Crippen LogP contribution < -0.4 is 9.64 Å². The van der Waals surface area contributed by atoms with Gasteiger partial charge in [0.2, 0.25) is 0 Å². The third-order valence-corrected chi connectivity index (χ3v) is 4.27. The lowest BCUT2D eigenvalue weighted by Crippen LogP contribution is -2.27. The van der Waals surface area contributed by atoms with Gasteiger partial charge in [-0.3, -0.25) is 4.79 Å². The van der Waals surface area contributed by atoms with Gasteiger partial charge in [-0.25, -0.2) is 4.79 Å². The van der Waals surface area contributed by atoms with Crippen molar-refractivity contribution >= 4 is 17.6 Å². The number of benzene rings is 2. The van der Waals surface area contributed by atoms with E-state index in [9.17, 15) is 9.59 Å². The number of amides is 1. The molecule has 1 N–H and O–H groups in total. The molecule has 0 saturated carbocycles. The van der Waals surface area contributed by atoms with Gasteiger partial charge in [0.25, 0.3) is 5.91 Å². The summed E-state index contributed by atoms with van der Waals surface area (Å²) in [5, 5.41) is 8.62. The van der Waals surface area contributed by atoms with Gasteiger partial charge in [-0.15, -0.1) is 0 Å². The Kier molecular flexibility index (Phi) is 4.51. The molecule has 124 valence electrons. The van der Waals surface area contributed by atoms with Crippen molar-refractivity contribution in [2.45, 2.75) is 19.3 Å². The maximum absolute atomic E-state index is 12.8. The highest BCUT2D eigenvalue weighted by atomic mass is 16.5. The molecule has 0 fully saturated rings. The van der Waals surface area contributed by atoms with Crippen LogP contribution in [0.3, 0.4) is 0 Å². The topological polar surface area (TPSA) is 66.8 Å². The molecule has 0 radical (unpaired) electrons. The fourth-order valence-corrected chi connectivity index (χ4v) is 3.03. The molecule has 0 saturated heterocycles. The Bertz CT molecular complexity index is 767. The van der Waals surface area contributed by atoms with Gasteiger partial charge in [-0.1, -0.05) is 12.1 Å². The van der Waals surface area contributed by atoms with E-state index < -0.39 is 5.97 Å². The standard InChI is InChI=1S/C19H19NO4/c1-20(14-8-10-15(11-9-14)24-12-18(21)22)19(23)17-7-3-5-13-4-2-6-16(13)17/h3,5,7-11H,2,4,6,12H2,1H3,(H,21,22). The number of rotatable bonds is 5. The molecule has 1 amide bonds. The summed E-state index contributed by atoms with van der Waals surface area (Å²) in [6.45, 7) is -0.385. The quantitative estimate of drug-likeness (QED) is 0.918. The van der Waals surface area contributed by atoms with E-state index in [0.29, 0.717) is 5.75 Å². The number of anilines is 1. The fourth-order valence-electron chi connectivity index (χ4n) is 3.03. The van der Waals surface area contributed by atoms with E-state index in [1.54, 1.807) is 36.2 Å². The average molecular weight is 325 g/mol. The molecule has 0 spiro atoms. The van der Waals surface area contributed by atoms with E-state index in [2.05, 4.69) is 6.07 Å². The van der Waals surface area contributed by atoms with E-state index in [0.717, 1.165) is 36.1 Å². The summed E-state index contributed by atoms with van der Waals surface area (Å²) in [5.74, 6) is -0.597. The zero-order valence-corrected chi connectivity index (χ0v) is 13.5. The smallest absolute Gasteiger partial charge is 0.341 e. The van der Waals surface area contributed by atoms with Gasteiger partial charge < -0.3 is 14.7 Å². The summed E-state index contributed by atoms with van der Waals surface area (Å²) in [4.78, 5) is 24.9. The SMILES string of the molecule is CN(C(=O)c1cccc2c1CCC2)c1ccc(OCC(=O)O)cc1. The molecule has 0 heterocycles. The molecular weight excluding hydrogens is 306 g/mol. The molecular formula is C19H19NO4. The normalized spacial score (nSPS) is 12.5. The maximum atomic E-state index is 12.8. The number of hydrogen-bond donors (Lipinski definition) is 1. The fraction of sp³-hybridized carbons (Fsp3) is 0.263. The van der Waals surface area contributed by atoms with Gasteiger partial charge >= 0.3 is 5.97 Å². The van der Waals surface area contributed by atoms with Gasteiger partial charge in [0.1, 0.15) is 5.75 Å². The largest absolute Gasteiger partial charge is 0.482 e. The Labute approximate surface area is 140 Å². The number of hydrogen-bond acceptors (Lipinski definition) is 3. The molecule has 5 nitrogen and oxygen atoms in total. The minimum atomic E-state index is -1.02. The van der Waals surface area contributed by atoms with E-state index >= 15 is 0 Å². The first-order valence-electron chi connectivity index (χ1n) is 7.90. The highest BCUT2D eigenvalue weighted by Gasteiger charge is 2.21. The number of carbonyl (C=O) groups is 2. The maximum Gasteiger partial charge on any atom is 0.341 e. The van der Waals surface area contributed by atoms with E-state index in [1.165, 1.54) is 5.56 Å². The molecule has 1 aliphatic rings. The summed E-state index contributed by atoms with van der Waals surface area (Å²) in [7, 11) is 1.74. The number of ether oxygens (including phenoxy) is 1. The van der Waals surface area contributed by atoms with Crippen LogP contribution >= 0.6 is 0 Å². The summed E-state index contributed by atoms with van der Waals surface area (Å²) in [6, 6.07) is 12.7. The first-order chi connectivity index (χ1) is 11.6. The Morgan fingerprint density at radius 2 is 1.88 bits per heavy atom. The Morgan fingerprint density at radius 3 is 2.58 bits per heavy atom. The number of carboxylic acid groups (broad SMARTS) is 1. The number of fused-ring (bicyclic) bond motifs is 1. The molecule has 24 heavy (non-hydrogen) atoms. The van der Waals surface area contributed by atoms with Gasteiger partial charge in [0, 0.05) is 18.3 Å². The van der Waals surface area contributed by atoms with Gasteiger partial charge in [0.15, 0.2) is 6.61 Å². The van der Waals surface area contributed by atoms with E-state index in [1.807, 2.05) is 12.1 Å². The third-order valence-electron chi connectivity index (χ3n) is 4.27. The summed E-state index contributed by atoms with van der Waals surface area (Å²) in [6.07, 6.45) is 3.09. The van der Waals surface area contributed by atoms with Crippen LogP contribution in [0.25, 0.3) is 0 Å². The van der Waals surface area contributed by atoms with Crippen LogP contribution in [0.2, 0.25) is 0 Å². The van der Waals surface area contributed by atoms with Crippen molar-refractivity contribution in [2.24, 2.45) is 0 Å². The first kappa shape index (κ1) is 16.1. The van der Waals surface area contributed by atoms with Crippen LogP contribution in [0.15, 0.2) is 42.5 Å². The van der Waals surface area contributed by atoms with Gasteiger partial charge in [-0.05, 0) is 60.7 Å². The summed E-state index contributed by atoms with van der Waals surface area (Å²) < 4.78 is 5.10. The molecule has 0 aromatic heterocycles. The lowest BCUT2D eigenvalue weighted by Gasteiger charge is -2.19. The predicted octanol–water partition coefficient (Wildman–Crippen LogP) is 2.92. The first-order valence-corrected chi connectivity index (χ1v) is 7.90. The van der Waals surface area contributed by atoms with Crippen molar-refractivity contribution in [3.63, 3.8) is 0 Å². The highest BCUT2D eigenvalue weighted by molar-refractivity contribution is 6.07. The van der Waals surface area contributed by atoms with Crippen LogP contribution in [0.1, 0.15) is 27.9 Å². The summed E-state index contributed by atoms with van der Waals surface area (Å²) >= 11 is 0. The second-order valence-corrected chi connectivity index (χ2v) is 5.84. The molecule has 0 aliphatic heterocycles. The third kappa shape index (κ3) is 3.25. The zero-order valence-electron chi connectivity index (χ0n) is 13.5. The highest BCUT2D eigenvalue weighted by Crippen LogP contribution is 2.27. The molecule has 0 unspecified atom stereocenters. The lowest BCUT2D eigenvalue weighted by atomic mass is 10.0. The molecule has 2 aromatic rings. The van der Waals surface area contributed by atoms with Crippen LogP contribution in [0, 0.1) is 0 Å². The van der Waals surface area contributed by atoms with Crippen molar-refractivity contribution in [3.05, 3.63) is 59.2 Å². The van der Waals surface area contributed by atoms with E-state index in [4.69, 9.17) is 9.84 Å². The van der Waals surface area contributed by atoms with Crippen molar-refractivity contribution in [1.82, 2.24) is 0 Å².